The molecule has 3 rings (SSSR count). The summed E-state index contributed by atoms with van der Waals surface area (Å²) in [5.41, 5.74) is 0. The summed E-state index contributed by atoms with van der Waals surface area (Å²) in [7, 11) is -1.28. The van der Waals surface area contributed by atoms with Gasteiger partial charge in [-0.25, -0.2) is 12.7 Å². The molecule has 3 aliphatic rings. The summed E-state index contributed by atoms with van der Waals surface area (Å²) >= 11 is 0. The van der Waals surface area contributed by atoms with Crippen LogP contribution in [0.5, 0.6) is 0 Å². The molecular formula is C14H26N2O2S. The number of rotatable bonds is 4. The number of hydrogen-bond donors (Lipinski definition) is 1. The first kappa shape index (κ1) is 13.8. The predicted molar refractivity (Wildman–Crippen MR) is 76.4 cm³/mol. The van der Waals surface area contributed by atoms with Gasteiger partial charge in [-0.1, -0.05) is 6.42 Å². The lowest BCUT2D eigenvalue weighted by Crippen LogP contribution is -2.44. The quantitative estimate of drug-likeness (QED) is 0.851. The topological polar surface area (TPSA) is 49.4 Å². The first-order valence-corrected chi connectivity index (χ1v) is 9.23. The third kappa shape index (κ3) is 2.69. The molecule has 3 fully saturated rings. The number of hydrogen-bond acceptors (Lipinski definition) is 3. The third-order valence-electron chi connectivity index (χ3n) is 5.52. The molecule has 2 bridgehead atoms. The SMILES string of the molecule is CN(CC1CC2CCC1C2)S(=O)(=O)C1CCNCC1. The number of piperidine rings is 1. The molecule has 1 aliphatic heterocycles. The zero-order chi connectivity index (χ0) is 13.5. The highest BCUT2D eigenvalue weighted by molar-refractivity contribution is 7.89. The lowest BCUT2D eigenvalue weighted by molar-refractivity contribution is 0.277. The molecule has 2 aliphatic carbocycles. The van der Waals surface area contributed by atoms with Crippen LogP contribution in [-0.4, -0.2) is 44.7 Å². The van der Waals surface area contributed by atoms with Gasteiger partial charge in [0.1, 0.15) is 0 Å². The lowest BCUT2D eigenvalue weighted by Gasteiger charge is -2.31. The van der Waals surface area contributed by atoms with Crippen molar-refractivity contribution in [2.45, 2.75) is 43.8 Å². The van der Waals surface area contributed by atoms with E-state index < -0.39 is 10.0 Å². The van der Waals surface area contributed by atoms with Gasteiger partial charge >= 0.3 is 0 Å². The van der Waals surface area contributed by atoms with E-state index in [-0.39, 0.29) is 5.25 Å². The Labute approximate surface area is 117 Å². The van der Waals surface area contributed by atoms with Crippen molar-refractivity contribution in [2.75, 3.05) is 26.7 Å². The Hall–Kier alpha value is -0.130. The summed E-state index contributed by atoms with van der Waals surface area (Å²) in [6.45, 7) is 2.44. The van der Waals surface area contributed by atoms with Crippen molar-refractivity contribution in [3.63, 3.8) is 0 Å². The van der Waals surface area contributed by atoms with Crippen LogP contribution in [-0.2, 0) is 10.0 Å². The zero-order valence-corrected chi connectivity index (χ0v) is 12.7. The number of fused-ring (bicyclic) bond motifs is 2. The minimum absolute atomic E-state index is 0.155. The minimum atomic E-state index is -3.07. The van der Waals surface area contributed by atoms with E-state index in [0.29, 0.717) is 5.92 Å². The molecule has 0 aromatic rings. The van der Waals surface area contributed by atoms with Gasteiger partial charge in [0.25, 0.3) is 0 Å². The van der Waals surface area contributed by atoms with Crippen LogP contribution in [0.1, 0.15) is 38.5 Å². The molecule has 0 aromatic carbocycles. The first-order chi connectivity index (χ1) is 9.07. The van der Waals surface area contributed by atoms with Gasteiger partial charge in [0, 0.05) is 13.6 Å². The van der Waals surface area contributed by atoms with Crippen LogP contribution in [0.25, 0.3) is 0 Å². The molecular weight excluding hydrogens is 260 g/mol. The summed E-state index contributed by atoms with van der Waals surface area (Å²) in [5, 5.41) is 3.08. The van der Waals surface area contributed by atoms with Gasteiger partial charge in [-0.3, -0.25) is 0 Å². The van der Waals surface area contributed by atoms with E-state index in [1.54, 1.807) is 11.4 Å². The van der Waals surface area contributed by atoms with Crippen molar-refractivity contribution >= 4 is 10.0 Å². The van der Waals surface area contributed by atoms with E-state index in [4.69, 9.17) is 0 Å². The van der Waals surface area contributed by atoms with E-state index in [1.165, 1.54) is 25.7 Å². The van der Waals surface area contributed by atoms with Crippen molar-refractivity contribution in [3.05, 3.63) is 0 Å². The second-order valence-electron chi connectivity index (χ2n) is 6.71. The molecule has 0 radical (unpaired) electrons. The van der Waals surface area contributed by atoms with Crippen LogP contribution in [0.15, 0.2) is 0 Å². The van der Waals surface area contributed by atoms with Crippen LogP contribution >= 0.6 is 0 Å². The fourth-order valence-electron chi connectivity index (χ4n) is 4.38. The molecule has 3 unspecified atom stereocenters. The average Bonchev–Trinajstić information content (AvgIpc) is 3.02. The molecule has 2 saturated carbocycles. The summed E-state index contributed by atoms with van der Waals surface area (Å²) in [5.74, 6) is 2.32. The van der Waals surface area contributed by atoms with E-state index in [9.17, 15) is 8.42 Å². The Bertz CT molecular complexity index is 417. The minimum Gasteiger partial charge on any atom is -0.317 e. The fraction of sp³-hybridized carbons (Fsp3) is 1.00. The van der Waals surface area contributed by atoms with E-state index in [0.717, 1.165) is 44.3 Å². The van der Waals surface area contributed by atoms with Crippen LogP contribution in [0.3, 0.4) is 0 Å². The molecule has 3 atom stereocenters. The number of nitrogens with one attached hydrogen (secondary N) is 1. The highest BCUT2D eigenvalue weighted by atomic mass is 32.2. The predicted octanol–water partition coefficient (Wildman–Crippen LogP) is 1.44. The lowest BCUT2D eigenvalue weighted by atomic mass is 9.89. The highest BCUT2D eigenvalue weighted by Gasteiger charge is 2.41. The summed E-state index contributed by atoms with van der Waals surface area (Å²) in [6, 6.07) is 0. The molecule has 110 valence electrons. The molecule has 0 aromatic heterocycles. The molecule has 0 amide bonds. The fourth-order valence-corrected chi connectivity index (χ4v) is 6.12. The van der Waals surface area contributed by atoms with Gasteiger partial charge in [0.15, 0.2) is 0 Å². The van der Waals surface area contributed by atoms with Crippen molar-refractivity contribution in [2.24, 2.45) is 17.8 Å². The Morgan fingerprint density at radius 1 is 1.11 bits per heavy atom. The normalized spacial score (nSPS) is 36.2. The summed E-state index contributed by atoms with van der Waals surface area (Å²) in [6.07, 6.45) is 6.86. The van der Waals surface area contributed by atoms with E-state index in [2.05, 4.69) is 5.32 Å². The monoisotopic (exact) mass is 286 g/mol. The second-order valence-corrected chi connectivity index (χ2v) is 9.03. The largest absolute Gasteiger partial charge is 0.317 e. The second kappa shape index (κ2) is 5.34. The Kier molecular flexibility index (Phi) is 3.89. The Balaban J connectivity index is 1.61. The van der Waals surface area contributed by atoms with Crippen molar-refractivity contribution < 1.29 is 8.42 Å². The standard InChI is InChI=1S/C14H26N2O2S/c1-16(10-13-9-11-2-3-12(13)8-11)19(17,18)14-4-6-15-7-5-14/h11-15H,2-10H2,1H3. The van der Waals surface area contributed by atoms with Gasteiger partial charge in [-0.15, -0.1) is 0 Å². The Morgan fingerprint density at radius 3 is 2.42 bits per heavy atom. The molecule has 1 heterocycles. The molecule has 0 spiro atoms. The number of nitrogens with zero attached hydrogens (tertiary/aromatic N) is 1. The van der Waals surface area contributed by atoms with Crippen LogP contribution in [0.2, 0.25) is 0 Å². The first-order valence-electron chi connectivity index (χ1n) is 7.73. The summed E-state index contributed by atoms with van der Waals surface area (Å²) in [4.78, 5) is 0. The zero-order valence-electron chi connectivity index (χ0n) is 11.8. The maximum atomic E-state index is 12.6. The van der Waals surface area contributed by atoms with Crippen LogP contribution < -0.4 is 5.32 Å². The maximum Gasteiger partial charge on any atom is 0.216 e. The number of sulfonamides is 1. The van der Waals surface area contributed by atoms with Crippen molar-refractivity contribution in [3.8, 4) is 0 Å². The highest BCUT2D eigenvalue weighted by Crippen LogP contribution is 2.48. The van der Waals surface area contributed by atoms with Crippen LogP contribution in [0, 0.1) is 17.8 Å². The molecule has 1 N–H and O–H groups in total. The molecule has 5 heteroatoms. The van der Waals surface area contributed by atoms with Crippen molar-refractivity contribution in [1.29, 1.82) is 0 Å². The van der Waals surface area contributed by atoms with Gasteiger partial charge < -0.3 is 5.32 Å². The van der Waals surface area contributed by atoms with Gasteiger partial charge in [-0.05, 0) is 62.9 Å². The van der Waals surface area contributed by atoms with Gasteiger partial charge in [0.05, 0.1) is 5.25 Å². The van der Waals surface area contributed by atoms with Gasteiger partial charge in [-0.2, -0.15) is 0 Å². The smallest absolute Gasteiger partial charge is 0.216 e. The average molecular weight is 286 g/mol. The molecule has 1 saturated heterocycles. The van der Waals surface area contributed by atoms with Crippen molar-refractivity contribution in [1.82, 2.24) is 9.62 Å². The van der Waals surface area contributed by atoms with E-state index >= 15 is 0 Å². The van der Waals surface area contributed by atoms with Crippen LogP contribution in [0.4, 0.5) is 0 Å². The summed E-state index contributed by atoms with van der Waals surface area (Å²) < 4.78 is 26.8. The molecule has 19 heavy (non-hydrogen) atoms. The maximum absolute atomic E-state index is 12.6. The molecule has 4 nitrogen and oxygen atoms in total. The van der Waals surface area contributed by atoms with Gasteiger partial charge in [0.2, 0.25) is 10.0 Å². The Morgan fingerprint density at radius 2 is 1.84 bits per heavy atom. The van der Waals surface area contributed by atoms with E-state index in [1.807, 2.05) is 0 Å². The third-order valence-corrected chi connectivity index (χ3v) is 7.85.